The zero-order chi connectivity index (χ0) is 15.7. The number of ether oxygens (including phenoxy) is 1. The molecule has 0 aromatic heterocycles. The summed E-state index contributed by atoms with van der Waals surface area (Å²) in [5.74, 6) is 1.03. The smallest absolute Gasteiger partial charge is 0.138 e. The van der Waals surface area contributed by atoms with E-state index in [9.17, 15) is 5.11 Å². The van der Waals surface area contributed by atoms with Crippen LogP contribution in [0.15, 0.2) is 12.1 Å². The number of hydrogen-bond acceptors (Lipinski definition) is 3. The molecular weight excluding hydrogens is 270 g/mol. The Balaban J connectivity index is 3.38. The molecule has 1 aromatic carbocycles. The topological polar surface area (TPSA) is 55.5 Å². The maximum atomic E-state index is 10.6. The Hall–Kier alpha value is -1.29. The quantitative estimate of drug-likeness (QED) is 0.836. The highest BCUT2D eigenvalue weighted by Gasteiger charge is 2.26. The van der Waals surface area contributed by atoms with Crippen LogP contribution in [0.1, 0.15) is 52.7 Å². The standard InChI is InChI=1S/C16H25NO2S/c1-15(2,3)11-7-10(19-9-13(17)20)8-12(14(11)18)16(4,5)6/h7-8,18H,9H2,1-6H3,(H2,17,20). The summed E-state index contributed by atoms with van der Waals surface area (Å²) in [7, 11) is 0. The molecular formula is C16H25NO2S. The summed E-state index contributed by atoms with van der Waals surface area (Å²) in [5.41, 5.74) is 6.85. The molecule has 1 rings (SSSR count). The summed E-state index contributed by atoms with van der Waals surface area (Å²) < 4.78 is 5.62. The number of thiocarbonyl (C=S) groups is 1. The van der Waals surface area contributed by atoms with Gasteiger partial charge in [0.1, 0.15) is 23.1 Å². The van der Waals surface area contributed by atoms with Crippen LogP contribution >= 0.6 is 12.2 Å². The van der Waals surface area contributed by atoms with Gasteiger partial charge in [0, 0.05) is 11.1 Å². The van der Waals surface area contributed by atoms with Crippen molar-refractivity contribution in [3.63, 3.8) is 0 Å². The van der Waals surface area contributed by atoms with E-state index < -0.39 is 0 Å². The van der Waals surface area contributed by atoms with Crippen molar-refractivity contribution < 1.29 is 9.84 Å². The van der Waals surface area contributed by atoms with Gasteiger partial charge in [0.2, 0.25) is 0 Å². The van der Waals surface area contributed by atoms with Gasteiger partial charge in [-0.05, 0) is 23.0 Å². The van der Waals surface area contributed by atoms with Gasteiger partial charge in [-0.3, -0.25) is 0 Å². The highest BCUT2D eigenvalue weighted by molar-refractivity contribution is 7.80. The van der Waals surface area contributed by atoms with E-state index in [-0.39, 0.29) is 17.4 Å². The molecule has 0 saturated carbocycles. The first-order valence-corrected chi connectivity index (χ1v) is 7.13. The lowest BCUT2D eigenvalue weighted by atomic mass is 9.79. The number of rotatable bonds is 3. The third kappa shape index (κ3) is 4.10. The molecule has 0 atom stereocenters. The summed E-state index contributed by atoms with van der Waals surface area (Å²) in [4.78, 5) is 0.313. The molecule has 0 bridgehead atoms. The van der Waals surface area contributed by atoms with E-state index in [0.717, 1.165) is 11.1 Å². The molecule has 4 heteroatoms. The van der Waals surface area contributed by atoms with E-state index in [1.165, 1.54) is 0 Å². The molecule has 3 nitrogen and oxygen atoms in total. The molecule has 0 aliphatic carbocycles. The minimum Gasteiger partial charge on any atom is -0.507 e. The molecule has 0 unspecified atom stereocenters. The van der Waals surface area contributed by atoms with Gasteiger partial charge in [-0.25, -0.2) is 0 Å². The zero-order valence-electron chi connectivity index (χ0n) is 13.2. The van der Waals surface area contributed by atoms with Gasteiger partial charge in [-0.2, -0.15) is 0 Å². The molecule has 0 aliphatic rings. The largest absolute Gasteiger partial charge is 0.507 e. The SMILES string of the molecule is CC(C)(C)c1cc(OCC(N)=S)cc(C(C)(C)C)c1O. The highest BCUT2D eigenvalue weighted by Crippen LogP contribution is 2.41. The summed E-state index contributed by atoms with van der Waals surface area (Å²) in [6.07, 6.45) is 0. The fourth-order valence-corrected chi connectivity index (χ4v) is 2.05. The van der Waals surface area contributed by atoms with Crippen molar-refractivity contribution in [3.8, 4) is 11.5 Å². The van der Waals surface area contributed by atoms with Gasteiger partial charge in [0.15, 0.2) is 0 Å². The van der Waals surface area contributed by atoms with Gasteiger partial charge in [0.05, 0.1) is 0 Å². The summed E-state index contributed by atoms with van der Waals surface area (Å²) >= 11 is 4.84. The molecule has 0 saturated heterocycles. The van der Waals surface area contributed by atoms with Crippen LogP contribution in [-0.2, 0) is 10.8 Å². The second-order valence-electron chi connectivity index (χ2n) is 7.12. The van der Waals surface area contributed by atoms with Crippen molar-refractivity contribution in [3.05, 3.63) is 23.3 Å². The number of phenols is 1. The van der Waals surface area contributed by atoms with Crippen molar-refractivity contribution in [2.45, 2.75) is 52.4 Å². The number of hydrogen-bond donors (Lipinski definition) is 2. The number of benzene rings is 1. The lowest BCUT2D eigenvalue weighted by Gasteiger charge is -2.28. The van der Waals surface area contributed by atoms with Crippen LogP contribution in [0.3, 0.4) is 0 Å². The summed E-state index contributed by atoms with van der Waals surface area (Å²) in [6, 6.07) is 3.73. The summed E-state index contributed by atoms with van der Waals surface area (Å²) in [5, 5.41) is 10.6. The van der Waals surface area contributed by atoms with Crippen LogP contribution in [-0.4, -0.2) is 16.7 Å². The second kappa shape index (κ2) is 5.60. The van der Waals surface area contributed by atoms with Crippen LogP contribution < -0.4 is 10.5 Å². The molecule has 1 aromatic rings. The van der Waals surface area contributed by atoms with Crippen LogP contribution in [0.2, 0.25) is 0 Å². The first-order valence-electron chi connectivity index (χ1n) is 6.72. The van der Waals surface area contributed by atoms with Gasteiger partial charge in [-0.15, -0.1) is 0 Å². The second-order valence-corrected chi connectivity index (χ2v) is 7.65. The molecule has 0 aliphatic heterocycles. The van der Waals surface area contributed by atoms with Gasteiger partial charge < -0.3 is 15.6 Å². The predicted octanol–water partition coefficient (Wildman–Crippen LogP) is 3.65. The Morgan fingerprint density at radius 2 is 1.50 bits per heavy atom. The van der Waals surface area contributed by atoms with Crippen LogP contribution in [0.5, 0.6) is 11.5 Å². The Morgan fingerprint density at radius 1 is 1.10 bits per heavy atom. The monoisotopic (exact) mass is 295 g/mol. The van der Waals surface area contributed by atoms with Crippen molar-refractivity contribution in [1.82, 2.24) is 0 Å². The van der Waals surface area contributed by atoms with E-state index in [0.29, 0.717) is 16.5 Å². The molecule has 3 N–H and O–H groups in total. The van der Waals surface area contributed by atoms with Gasteiger partial charge in [-0.1, -0.05) is 53.8 Å². The molecule has 112 valence electrons. The highest BCUT2D eigenvalue weighted by atomic mass is 32.1. The van der Waals surface area contributed by atoms with E-state index in [1.807, 2.05) is 12.1 Å². The molecule has 0 amide bonds. The minimum absolute atomic E-state index is 0.174. The van der Waals surface area contributed by atoms with E-state index in [1.54, 1.807) is 0 Å². The molecule has 0 fully saturated rings. The van der Waals surface area contributed by atoms with Crippen molar-refractivity contribution >= 4 is 17.2 Å². The maximum Gasteiger partial charge on any atom is 0.138 e. The predicted molar refractivity (Wildman–Crippen MR) is 87.8 cm³/mol. The number of phenolic OH excluding ortho intramolecular Hbond substituents is 1. The van der Waals surface area contributed by atoms with Gasteiger partial charge >= 0.3 is 0 Å². The Bertz CT molecular complexity index is 475. The Kier molecular flexibility index (Phi) is 4.70. The third-order valence-electron chi connectivity index (χ3n) is 3.08. The molecule has 0 spiro atoms. The van der Waals surface area contributed by atoms with Crippen molar-refractivity contribution in [2.24, 2.45) is 5.73 Å². The van der Waals surface area contributed by atoms with Crippen molar-refractivity contribution in [1.29, 1.82) is 0 Å². The Labute approximate surface area is 127 Å². The van der Waals surface area contributed by atoms with Crippen molar-refractivity contribution in [2.75, 3.05) is 6.61 Å². The number of nitrogens with two attached hydrogens (primary N) is 1. The van der Waals surface area contributed by atoms with E-state index >= 15 is 0 Å². The minimum atomic E-state index is -0.174. The average Bonchev–Trinajstić information content (AvgIpc) is 2.24. The van der Waals surface area contributed by atoms with E-state index in [4.69, 9.17) is 22.7 Å². The fraction of sp³-hybridized carbons (Fsp3) is 0.562. The number of aromatic hydroxyl groups is 1. The fourth-order valence-electron chi connectivity index (χ4n) is 1.99. The van der Waals surface area contributed by atoms with E-state index in [2.05, 4.69) is 41.5 Å². The molecule has 0 heterocycles. The lowest BCUT2D eigenvalue weighted by Crippen LogP contribution is -2.20. The first kappa shape index (κ1) is 16.8. The third-order valence-corrected chi connectivity index (χ3v) is 3.20. The van der Waals surface area contributed by atoms with Gasteiger partial charge in [0.25, 0.3) is 0 Å². The van der Waals surface area contributed by atoms with Crippen LogP contribution in [0.25, 0.3) is 0 Å². The van der Waals surface area contributed by atoms with Crippen LogP contribution in [0, 0.1) is 0 Å². The first-order chi connectivity index (χ1) is 8.93. The van der Waals surface area contributed by atoms with Crippen LogP contribution in [0.4, 0.5) is 0 Å². The average molecular weight is 295 g/mol. The Morgan fingerprint density at radius 3 is 1.80 bits per heavy atom. The summed E-state index contributed by atoms with van der Waals surface area (Å²) in [6.45, 7) is 12.6. The zero-order valence-corrected chi connectivity index (χ0v) is 14.0. The normalized spacial score (nSPS) is 12.3. The lowest BCUT2D eigenvalue weighted by molar-refractivity contribution is 0.368. The maximum absolute atomic E-state index is 10.6. The molecule has 20 heavy (non-hydrogen) atoms. The molecule has 0 radical (unpaired) electrons.